The molecule has 0 spiro atoms. The number of benzene rings is 2. The smallest absolute Gasteiger partial charge is 0.327 e. The summed E-state index contributed by atoms with van der Waals surface area (Å²) in [7, 11) is 0. The second kappa shape index (κ2) is 17.3. The van der Waals surface area contributed by atoms with Gasteiger partial charge in [-0.25, -0.2) is 0 Å². The summed E-state index contributed by atoms with van der Waals surface area (Å²) in [6, 6.07) is 8.23. The molecule has 238 valence electrons. The lowest BCUT2D eigenvalue weighted by Gasteiger charge is -2.40. The van der Waals surface area contributed by atoms with Gasteiger partial charge in [0.25, 0.3) is 5.97 Å². The highest BCUT2D eigenvalue weighted by molar-refractivity contribution is 5.66. The molecule has 1 atom stereocenters. The predicted molar refractivity (Wildman–Crippen MR) is 154 cm³/mol. The van der Waals surface area contributed by atoms with Gasteiger partial charge in [-0.1, -0.05) is 90.5 Å². The Bertz CT molecular complexity index is 980. The molecule has 3 nitrogen and oxygen atoms in total. The number of hydrogen-bond acceptors (Lipinski definition) is 3. The van der Waals surface area contributed by atoms with Gasteiger partial charge < -0.3 is 14.2 Å². The lowest BCUT2D eigenvalue weighted by molar-refractivity contribution is -0.392. The third-order valence-corrected chi connectivity index (χ3v) is 7.03. The number of halogens is 6. The monoisotopic (exact) mass is 604 g/mol. The Kier molecular flexibility index (Phi) is 14.8. The number of hydrogen-bond donors (Lipinski definition) is 0. The third kappa shape index (κ3) is 10.9. The van der Waals surface area contributed by atoms with E-state index in [1.807, 2.05) is 20.8 Å². The predicted octanol–water partition coefficient (Wildman–Crippen LogP) is 11.2. The molecular formula is C33H46F6O3. The summed E-state index contributed by atoms with van der Waals surface area (Å²) < 4.78 is 99.8. The molecule has 1 unspecified atom stereocenters. The minimum atomic E-state index is -4.92. The average molecular weight is 605 g/mol. The van der Waals surface area contributed by atoms with Crippen LogP contribution in [0.25, 0.3) is 11.1 Å². The lowest BCUT2D eigenvalue weighted by atomic mass is 9.88. The summed E-state index contributed by atoms with van der Waals surface area (Å²) in [4.78, 5) is 0. The van der Waals surface area contributed by atoms with Gasteiger partial charge in [0, 0.05) is 0 Å². The Balaban J connectivity index is 2.53. The number of alkyl halides is 6. The van der Waals surface area contributed by atoms with Crippen LogP contribution in [0.5, 0.6) is 0 Å². The van der Waals surface area contributed by atoms with Crippen LogP contribution in [0.3, 0.4) is 0 Å². The zero-order valence-corrected chi connectivity index (χ0v) is 25.3. The van der Waals surface area contributed by atoms with Crippen molar-refractivity contribution in [2.45, 2.75) is 116 Å². The number of rotatable bonds is 19. The first-order valence-corrected chi connectivity index (χ1v) is 15.2. The van der Waals surface area contributed by atoms with E-state index in [1.165, 1.54) is 6.42 Å². The first kappa shape index (κ1) is 36.1. The van der Waals surface area contributed by atoms with Gasteiger partial charge in [-0.3, -0.25) is 0 Å². The molecule has 0 N–H and O–H groups in total. The molecular weight excluding hydrogens is 558 g/mol. The van der Waals surface area contributed by atoms with Crippen LogP contribution in [-0.4, -0.2) is 25.8 Å². The molecule has 0 fully saturated rings. The molecule has 0 amide bonds. The highest BCUT2D eigenvalue weighted by Gasteiger charge is 2.43. The fraction of sp³-hybridized carbons (Fsp3) is 0.636. The Morgan fingerprint density at radius 2 is 1.00 bits per heavy atom. The zero-order valence-electron chi connectivity index (χ0n) is 25.3. The molecule has 0 aromatic heterocycles. The summed E-state index contributed by atoms with van der Waals surface area (Å²) in [6.07, 6.45) is -0.424. The van der Waals surface area contributed by atoms with Gasteiger partial charge in [0.1, 0.15) is 0 Å². The molecule has 2 aromatic carbocycles. The first-order valence-electron chi connectivity index (χ1n) is 15.2. The van der Waals surface area contributed by atoms with Crippen molar-refractivity contribution in [3.63, 3.8) is 0 Å². The molecule has 0 saturated heterocycles. The molecule has 0 aliphatic heterocycles. The maximum absolute atomic E-state index is 13.5. The zero-order chi connectivity index (χ0) is 31.2. The van der Waals surface area contributed by atoms with Crippen LogP contribution < -0.4 is 0 Å². The van der Waals surface area contributed by atoms with Crippen LogP contribution in [-0.2, 0) is 26.6 Å². The van der Waals surface area contributed by atoms with E-state index in [4.69, 9.17) is 14.2 Å². The largest absolute Gasteiger partial charge is 0.416 e. The van der Waals surface area contributed by atoms with Gasteiger partial charge in [0.2, 0.25) is 0 Å². The lowest BCUT2D eigenvalue weighted by Crippen LogP contribution is -2.46. The Morgan fingerprint density at radius 3 is 1.43 bits per heavy atom. The molecule has 0 aliphatic rings. The third-order valence-electron chi connectivity index (χ3n) is 7.03. The van der Waals surface area contributed by atoms with Crippen molar-refractivity contribution in [3.8, 4) is 11.1 Å². The average Bonchev–Trinajstić information content (AvgIpc) is 2.96. The minimum absolute atomic E-state index is 0.143. The second-order valence-electron chi connectivity index (χ2n) is 10.7. The van der Waals surface area contributed by atoms with Crippen molar-refractivity contribution >= 4 is 0 Å². The van der Waals surface area contributed by atoms with Crippen LogP contribution in [0, 0.1) is 0 Å². The number of unbranched alkanes of at least 4 members (excludes halogenated alkanes) is 5. The van der Waals surface area contributed by atoms with Gasteiger partial charge in [-0.15, -0.1) is 0 Å². The van der Waals surface area contributed by atoms with E-state index >= 15 is 0 Å². The normalized spacial score (nSPS) is 13.5. The quantitative estimate of drug-likeness (QED) is 0.0907. The molecule has 2 rings (SSSR count). The Labute approximate surface area is 246 Å². The summed E-state index contributed by atoms with van der Waals surface area (Å²) >= 11 is 0. The Morgan fingerprint density at radius 1 is 0.548 bits per heavy atom. The van der Waals surface area contributed by atoms with Crippen molar-refractivity contribution in [2.75, 3.05) is 19.8 Å². The SMILES string of the molecule is CCCCCCCCC(c1ccc(-c2cc(C(F)(F)F)cc(C(F)(F)F)c2)cc1)C(OCCC)(OCCC)OCCC. The van der Waals surface area contributed by atoms with Gasteiger partial charge in [0.05, 0.1) is 36.9 Å². The van der Waals surface area contributed by atoms with Crippen LogP contribution in [0.2, 0.25) is 0 Å². The topological polar surface area (TPSA) is 27.7 Å². The van der Waals surface area contributed by atoms with Crippen molar-refractivity contribution in [3.05, 3.63) is 59.2 Å². The highest BCUT2D eigenvalue weighted by Crippen LogP contribution is 2.41. The van der Waals surface area contributed by atoms with Crippen molar-refractivity contribution in [2.24, 2.45) is 0 Å². The molecule has 0 heterocycles. The summed E-state index contributed by atoms with van der Waals surface area (Å²) in [6.45, 7) is 9.36. The van der Waals surface area contributed by atoms with Crippen LogP contribution >= 0.6 is 0 Å². The molecule has 0 radical (unpaired) electrons. The van der Waals surface area contributed by atoms with Crippen LogP contribution in [0.1, 0.15) is 115 Å². The van der Waals surface area contributed by atoms with E-state index < -0.39 is 29.5 Å². The fourth-order valence-corrected chi connectivity index (χ4v) is 4.87. The molecule has 2 aromatic rings. The van der Waals surface area contributed by atoms with Crippen molar-refractivity contribution < 1.29 is 40.6 Å². The van der Waals surface area contributed by atoms with E-state index in [9.17, 15) is 26.3 Å². The van der Waals surface area contributed by atoms with Crippen molar-refractivity contribution in [1.29, 1.82) is 0 Å². The van der Waals surface area contributed by atoms with E-state index in [1.54, 1.807) is 24.3 Å². The molecule has 0 bridgehead atoms. The summed E-state index contributed by atoms with van der Waals surface area (Å²) in [5.41, 5.74) is -1.80. The Hall–Kier alpha value is -2.10. The van der Waals surface area contributed by atoms with Crippen molar-refractivity contribution in [1.82, 2.24) is 0 Å². The van der Waals surface area contributed by atoms with Gasteiger partial charge in [-0.2, -0.15) is 26.3 Å². The second-order valence-corrected chi connectivity index (χ2v) is 10.7. The highest BCUT2D eigenvalue weighted by atomic mass is 19.4. The molecule has 0 aliphatic carbocycles. The fourth-order valence-electron chi connectivity index (χ4n) is 4.87. The first-order chi connectivity index (χ1) is 19.9. The summed E-state index contributed by atoms with van der Waals surface area (Å²) in [5, 5.41) is 0. The molecule has 42 heavy (non-hydrogen) atoms. The van der Waals surface area contributed by atoms with E-state index in [-0.39, 0.29) is 23.1 Å². The molecule has 0 saturated carbocycles. The number of ether oxygens (including phenoxy) is 3. The maximum atomic E-state index is 13.5. The van der Waals surface area contributed by atoms with Gasteiger partial charge in [-0.05, 0) is 60.6 Å². The minimum Gasteiger partial charge on any atom is -0.327 e. The van der Waals surface area contributed by atoms with Gasteiger partial charge >= 0.3 is 12.4 Å². The van der Waals surface area contributed by atoms with E-state index in [0.717, 1.165) is 69.1 Å². The maximum Gasteiger partial charge on any atom is 0.416 e. The summed E-state index contributed by atoms with van der Waals surface area (Å²) in [5.74, 6) is -1.71. The molecule has 9 heteroatoms. The van der Waals surface area contributed by atoms with Crippen LogP contribution in [0.4, 0.5) is 26.3 Å². The standard InChI is InChI=1S/C33H46F6O3/c1-5-9-10-11-12-13-14-30(33(40-19-6-2,41-20-7-3)42-21-8-4)26-17-15-25(16-18-26)27-22-28(31(34,35)36)24-29(23-27)32(37,38)39/h15-18,22-24,30H,5-14,19-21H2,1-4H3. The van der Waals surface area contributed by atoms with Gasteiger partial charge in [0.15, 0.2) is 0 Å². The van der Waals surface area contributed by atoms with E-state index in [0.29, 0.717) is 26.2 Å². The van der Waals surface area contributed by atoms with E-state index in [2.05, 4.69) is 6.92 Å². The van der Waals surface area contributed by atoms with Crippen LogP contribution in [0.15, 0.2) is 42.5 Å².